The molecule has 0 saturated heterocycles. The molecule has 0 aliphatic heterocycles. The van der Waals surface area contributed by atoms with Gasteiger partial charge in [0.25, 0.3) is 5.91 Å². The van der Waals surface area contributed by atoms with Gasteiger partial charge in [-0.05, 0) is 73.9 Å². The number of hydrogen-bond donors (Lipinski definition) is 4. The van der Waals surface area contributed by atoms with Gasteiger partial charge in [0.15, 0.2) is 5.16 Å². The van der Waals surface area contributed by atoms with Crippen molar-refractivity contribution in [2.75, 3.05) is 22.2 Å². The maximum atomic E-state index is 12.6. The van der Waals surface area contributed by atoms with Crippen LogP contribution in [0.4, 0.5) is 22.9 Å². The van der Waals surface area contributed by atoms with E-state index in [0.717, 1.165) is 27.8 Å². The van der Waals surface area contributed by atoms with Crippen LogP contribution in [0.1, 0.15) is 16.1 Å². The summed E-state index contributed by atoms with van der Waals surface area (Å²) in [4.78, 5) is 36.4. The maximum Gasteiger partial charge on any atom is 0.255 e. The van der Waals surface area contributed by atoms with Gasteiger partial charge in [-0.25, -0.2) is 9.97 Å². The van der Waals surface area contributed by atoms with E-state index in [-0.39, 0.29) is 11.8 Å². The van der Waals surface area contributed by atoms with Crippen LogP contribution in [0.15, 0.2) is 84.7 Å². The second kappa shape index (κ2) is 10.7. The molecule has 0 unspecified atom stereocenters. The molecule has 9 heteroatoms. The first kappa shape index (κ1) is 23.8. The SMILES string of the molecule is C=CC(=O)Nc1cccc(C(=O)Nc2ccc(Nc3cc(-c4nc(SC)[nH]c4C)ccn3)cc2)c1. The number of nitrogens with zero attached hydrogens (tertiary/aromatic N) is 2. The lowest BCUT2D eigenvalue weighted by Crippen LogP contribution is -2.13. The third-order valence-electron chi connectivity index (χ3n) is 5.08. The second-order valence-electron chi connectivity index (χ2n) is 7.58. The van der Waals surface area contributed by atoms with E-state index in [4.69, 9.17) is 0 Å². The number of carbonyl (C=O) groups excluding carboxylic acids is 2. The summed E-state index contributed by atoms with van der Waals surface area (Å²) in [7, 11) is 0. The lowest BCUT2D eigenvalue weighted by Gasteiger charge is -2.10. The fourth-order valence-electron chi connectivity index (χ4n) is 3.38. The number of carbonyl (C=O) groups is 2. The number of aromatic nitrogens is 3. The largest absolute Gasteiger partial charge is 0.340 e. The molecule has 2 aromatic carbocycles. The van der Waals surface area contributed by atoms with E-state index < -0.39 is 0 Å². The van der Waals surface area contributed by atoms with E-state index in [0.29, 0.717) is 22.8 Å². The molecule has 0 bridgehead atoms. The van der Waals surface area contributed by atoms with Gasteiger partial charge in [-0.3, -0.25) is 9.59 Å². The number of hydrogen-bond acceptors (Lipinski definition) is 6. The molecule has 2 heterocycles. The summed E-state index contributed by atoms with van der Waals surface area (Å²) in [6.45, 7) is 5.42. The minimum absolute atomic E-state index is 0.284. The minimum Gasteiger partial charge on any atom is -0.340 e. The van der Waals surface area contributed by atoms with E-state index >= 15 is 0 Å². The molecule has 0 aliphatic rings. The van der Waals surface area contributed by atoms with Gasteiger partial charge < -0.3 is 20.9 Å². The molecule has 0 fully saturated rings. The number of H-pyrrole nitrogens is 1. The van der Waals surface area contributed by atoms with Gasteiger partial charge in [0.05, 0.1) is 5.69 Å². The van der Waals surface area contributed by atoms with Crippen molar-refractivity contribution in [2.24, 2.45) is 0 Å². The lowest BCUT2D eigenvalue weighted by molar-refractivity contribution is -0.111. The number of pyridine rings is 1. The van der Waals surface area contributed by atoms with Crippen LogP contribution >= 0.6 is 11.8 Å². The Labute approximate surface area is 207 Å². The van der Waals surface area contributed by atoms with Crippen molar-refractivity contribution in [2.45, 2.75) is 12.1 Å². The molecule has 0 radical (unpaired) electrons. The molecule has 4 aromatic rings. The molecule has 0 spiro atoms. The Morgan fingerprint density at radius 3 is 2.49 bits per heavy atom. The van der Waals surface area contributed by atoms with Crippen LogP contribution in [0, 0.1) is 6.92 Å². The fraction of sp³-hybridized carbons (Fsp3) is 0.0769. The predicted molar refractivity (Wildman–Crippen MR) is 141 cm³/mol. The molecule has 0 atom stereocenters. The van der Waals surface area contributed by atoms with Gasteiger partial charge >= 0.3 is 0 Å². The van der Waals surface area contributed by atoms with Crippen molar-refractivity contribution in [3.63, 3.8) is 0 Å². The van der Waals surface area contributed by atoms with Crippen LogP contribution in [0.3, 0.4) is 0 Å². The Morgan fingerprint density at radius 1 is 1.00 bits per heavy atom. The summed E-state index contributed by atoms with van der Waals surface area (Å²) in [5, 5.41) is 9.66. The van der Waals surface area contributed by atoms with Gasteiger partial charge in [-0.15, -0.1) is 0 Å². The molecule has 176 valence electrons. The van der Waals surface area contributed by atoms with Gasteiger partial charge in [0.2, 0.25) is 5.91 Å². The van der Waals surface area contributed by atoms with Crippen LogP contribution in [0.5, 0.6) is 0 Å². The molecule has 0 saturated carbocycles. The predicted octanol–water partition coefficient (Wildman–Crippen LogP) is 5.62. The third-order valence-corrected chi connectivity index (χ3v) is 5.66. The zero-order valence-electron chi connectivity index (χ0n) is 19.3. The first-order chi connectivity index (χ1) is 16.9. The number of rotatable bonds is 8. The Morgan fingerprint density at radius 2 is 1.77 bits per heavy atom. The van der Waals surface area contributed by atoms with Gasteiger partial charge in [-0.1, -0.05) is 24.4 Å². The second-order valence-corrected chi connectivity index (χ2v) is 8.38. The average molecular weight is 485 g/mol. The summed E-state index contributed by atoms with van der Waals surface area (Å²) >= 11 is 1.56. The highest BCUT2D eigenvalue weighted by Crippen LogP contribution is 2.27. The van der Waals surface area contributed by atoms with Crippen molar-refractivity contribution in [1.29, 1.82) is 0 Å². The minimum atomic E-state index is -0.338. The highest BCUT2D eigenvalue weighted by atomic mass is 32.2. The zero-order valence-corrected chi connectivity index (χ0v) is 20.1. The molecule has 2 amide bonds. The first-order valence-electron chi connectivity index (χ1n) is 10.7. The summed E-state index contributed by atoms with van der Waals surface area (Å²) in [6, 6.07) is 17.9. The Balaban J connectivity index is 1.42. The summed E-state index contributed by atoms with van der Waals surface area (Å²) in [5.41, 5.74) is 5.27. The Hall–Kier alpha value is -4.37. The summed E-state index contributed by atoms with van der Waals surface area (Å²) in [6.07, 6.45) is 4.90. The van der Waals surface area contributed by atoms with Crippen LogP contribution in [0.25, 0.3) is 11.3 Å². The van der Waals surface area contributed by atoms with Crippen LogP contribution in [-0.2, 0) is 4.79 Å². The maximum absolute atomic E-state index is 12.6. The number of amides is 2. The molecule has 8 nitrogen and oxygen atoms in total. The highest BCUT2D eigenvalue weighted by Gasteiger charge is 2.11. The number of thioether (sulfide) groups is 1. The van der Waals surface area contributed by atoms with Gasteiger partial charge in [0.1, 0.15) is 5.82 Å². The number of aromatic amines is 1. The Kier molecular flexibility index (Phi) is 7.27. The highest BCUT2D eigenvalue weighted by molar-refractivity contribution is 7.98. The van der Waals surface area contributed by atoms with Gasteiger partial charge in [0, 0.05) is 40.1 Å². The molecule has 35 heavy (non-hydrogen) atoms. The number of nitrogens with one attached hydrogen (secondary N) is 4. The number of imidazole rings is 1. The summed E-state index contributed by atoms with van der Waals surface area (Å²) < 4.78 is 0. The van der Waals surface area contributed by atoms with Crippen molar-refractivity contribution in [3.8, 4) is 11.3 Å². The van der Waals surface area contributed by atoms with Crippen LogP contribution in [0.2, 0.25) is 0 Å². The average Bonchev–Trinajstić information content (AvgIpc) is 3.26. The molecular formula is C26H24N6O2S. The number of benzene rings is 2. The molecule has 4 N–H and O–H groups in total. The Bertz CT molecular complexity index is 1380. The monoisotopic (exact) mass is 484 g/mol. The summed E-state index contributed by atoms with van der Waals surface area (Å²) in [5.74, 6) is 0.0643. The van der Waals surface area contributed by atoms with Crippen LogP contribution < -0.4 is 16.0 Å². The van der Waals surface area contributed by atoms with Crippen molar-refractivity contribution < 1.29 is 9.59 Å². The first-order valence-corrected chi connectivity index (χ1v) is 12.0. The smallest absolute Gasteiger partial charge is 0.255 e. The van der Waals surface area contributed by atoms with Crippen LogP contribution in [-0.4, -0.2) is 33.0 Å². The normalized spacial score (nSPS) is 10.5. The van der Waals surface area contributed by atoms with E-state index in [1.165, 1.54) is 6.08 Å². The lowest BCUT2D eigenvalue weighted by atomic mass is 10.1. The zero-order chi connectivity index (χ0) is 24.8. The van der Waals surface area contributed by atoms with E-state index in [1.54, 1.807) is 54.4 Å². The quantitative estimate of drug-likeness (QED) is 0.191. The van der Waals surface area contributed by atoms with Crippen molar-refractivity contribution in [1.82, 2.24) is 15.0 Å². The fourth-order valence-corrected chi connectivity index (χ4v) is 3.81. The van der Waals surface area contributed by atoms with Gasteiger partial charge in [-0.2, -0.15) is 0 Å². The molecular weight excluding hydrogens is 460 g/mol. The van der Waals surface area contributed by atoms with Crippen molar-refractivity contribution >= 4 is 46.5 Å². The van der Waals surface area contributed by atoms with E-state index in [9.17, 15) is 9.59 Å². The molecule has 4 rings (SSSR count). The van der Waals surface area contributed by atoms with Crippen molar-refractivity contribution in [3.05, 3.63) is 90.8 Å². The topological polar surface area (TPSA) is 112 Å². The molecule has 0 aliphatic carbocycles. The third kappa shape index (κ3) is 5.96. The number of anilines is 4. The standard InChI is InChI=1S/C26H24N6O2S/c1-4-23(33)30-21-7-5-6-18(14-21)25(34)31-20-10-8-19(9-11-20)29-22-15-17(12-13-27-22)24-16(2)28-26(32-24)35-3/h4-15H,1H2,2-3H3,(H,27,29)(H,28,32)(H,30,33)(H,31,34). The molecule has 2 aromatic heterocycles. The van der Waals surface area contributed by atoms with E-state index in [1.807, 2.05) is 37.4 Å². The van der Waals surface area contributed by atoms with E-state index in [2.05, 4.69) is 37.5 Å². The number of aryl methyl sites for hydroxylation is 1.